The van der Waals surface area contributed by atoms with E-state index in [4.69, 9.17) is 0 Å². The summed E-state index contributed by atoms with van der Waals surface area (Å²) in [5.41, 5.74) is 2.90. The van der Waals surface area contributed by atoms with Crippen molar-refractivity contribution in [2.24, 2.45) is 10.2 Å². The van der Waals surface area contributed by atoms with Gasteiger partial charge in [-0.15, -0.1) is 5.10 Å². The van der Waals surface area contributed by atoms with Gasteiger partial charge >= 0.3 is 0 Å². The quantitative estimate of drug-likeness (QED) is 0.218. The molecule has 0 radical (unpaired) electrons. The summed E-state index contributed by atoms with van der Waals surface area (Å²) in [6.07, 6.45) is 0. The third-order valence-corrected chi connectivity index (χ3v) is 8.49. The molecule has 0 atom stereocenters. The van der Waals surface area contributed by atoms with Crippen molar-refractivity contribution >= 4 is 49.3 Å². The Labute approximate surface area is 210 Å². The SMILES string of the molecule is CC(=O)c1nn(-c2ccccc2)/c(=N/N=C(\C)c2sc(NS(=O)(=O)c3ccc(C)cc3)nc2C)s1. The molecule has 35 heavy (non-hydrogen) atoms. The van der Waals surface area contributed by atoms with Crippen LogP contribution in [-0.4, -0.2) is 34.7 Å². The molecule has 0 saturated heterocycles. The summed E-state index contributed by atoms with van der Waals surface area (Å²) in [4.78, 5) is 17.5. The standard InChI is InChI=1S/C23H22N6O3S3/c1-14-10-12-19(13-11-14)35(31,32)28-22-24-15(2)20(33-22)16(3)25-26-23-29(18-8-6-5-7-9-18)27-21(34-23)17(4)30/h5-13H,1-4H3,(H,24,28)/b25-16+,26-23-. The van der Waals surface area contributed by atoms with E-state index >= 15 is 0 Å². The largest absolute Gasteiger partial charge is 0.292 e. The van der Waals surface area contributed by atoms with Crippen LogP contribution in [0.4, 0.5) is 5.13 Å². The first kappa shape index (κ1) is 24.6. The summed E-state index contributed by atoms with van der Waals surface area (Å²) in [5, 5.41) is 13.6. The van der Waals surface area contributed by atoms with Crippen molar-refractivity contribution in [2.75, 3.05) is 4.72 Å². The maximum absolute atomic E-state index is 12.7. The Hall–Kier alpha value is -3.48. The Bertz CT molecular complexity index is 1580. The van der Waals surface area contributed by atoms with Crippen LogP contribution in [0.2, 0.25) is 0 Å². The maximum Gasteiger partial charge on any atom is 0.263 e. The minimum absolute atomic E-state index is 0.161. The van der Waals surface area contributed by atoms with E-state index in [1.165, 1.54) is 18.3 Å². The molecule has 0 aliphatic rings. The lowest BCUT2D eigenvalue weighted by molar-refractivity contribution is 0.101. The maximum atomic E-state index is 12.7. The number of carbonyl (C=O) groups excluding carboxylic acids is 1. The van der Waals surface area contributed by atoms with Crippen LogP contribution in [0.5, 0.6) is 0 Å². The van der Waals surface area contributed by atoms with Gasteiger partial charge in [0.1, 0.15) is 0 Å². The van der Waals surface area contributed by atoms with Crippen molar-refractivity contribution in [2.45, 2.75) is 32.6 Å². The molecule has 0 bridgehead atoms. The number of sulfonamides is 1. The summed E-state index contributed by atoms with van der Waals surface area (Å²) in [7, 11) is -3.76. The van der Waals surface area contributed by atoms with Crippen molar-refractivity contribution in [3.05, 3.63) is 80.5 Å². The van der Waals surface area contributed by atoms with E-state index in [1.54, 1.807) is 42.8 Å². The topological polar surface area (TPSA) is 119 Å². The van der Waals surface area contributed by atoms with E-state index in [1.807, 2.05) is 37.3 Å². The van der Waals surface area contributed by atoms with E-state index in [0.717, 1.165) is 22.6 Å². The van der Waals surface area contributed by atoms with Gasteiger partial charge in [-0.25, -0.2) is 18.1 Å². The van der Waals surface area contributed by atoms with Gasteiger partial charge in [0.25, 0.3) is 10.0 Å². The lowest BCUT2D eigenvalue weighted by Gasteiger charge is -2.05. The number of aromatic nitrogens is 3. The van der Waals surface area contributed by atoms with Gasteiger partial charge in [0, 0.05) is 6.92 Å². The number of aryl methyl sites for hydroxylation is 2. The zero-order valence-corrected chi connectivity index (χ0v) is 21.8. The molecule has 12 heteroatoms. The summed E-state index contributed by atoms with van der Waals surface area (Å²) in [5.74, 6) is -0.161. The number of anilines is 1. The monoisotopic (exact) mass is 526 g/mol. The normalized spacial score (nSPS) is 12.7. The number of ketones is 1. The van der Waals surface area contributed by atoms with E-state index in [9.17, 15) is 13.2 Å². The molecule has 1 N–H and O–H groups in total. The van der Waals surface area contributed by atoms with E-state index in [-0.39, 0.29) is 15.8 Å². The molecule has 0 saturated carbocycles. The third-order valence-electron chi connectivity index (χ3n) is 4.83. The fourth-order valence-corrected chi connectivity index (χ4v) is 5.95. The number of hydrogen-bond donors (Lipinski definition) is 1. The van der Waals surface area contributed by atoms with Crippen LogP contribution < -0.4 is 9.52 Å². The Kier molecular flexibility index (Phi) is 7.05. The smallest absolute Gasteiger partial charge is 0.263 e. The zero-order chi connectivity index (χ0) is 25.2. The third kappa shape index (κ3) is 5.61. The predicted octanol–water partition coefficient (Wildman–Crippen LogP) is 4.34. The molecule has 0 aliphatic heterocycles. The highest BCUT2D eigenvalue weighted by atomic mass is 32.2. The molecule has 0 fully saturated rings. The van der Waals surface area contributed by atoms with Crippen molar-refractivity contribution < 1.29 is 13.2 Å². The van der Waals surface area contributed by atoms with Gasteiger partial charge in [0.05, 0.1) is 26.9 Å². The lowest BCUT2D eigenvalue weighted by atomic mass is 10.2. The van der Waals surface area contributed by atoms with Gasteiger partial charge in [-0.3, -0.25) is 9.52 Å². The van der Waals surface area contributed by atoms with Crippen molar-refractivity contribution in [3.8, 4) is 5.69 Å². The number of benzene rings is 2. The highest BCUT2D eigenvalue weighted by Gasteiger charge is 2.18. The van der Waals surface area contributed by atoms with E-state index in [0.29, 0.717) is 26.1 Å². The van der Waals surface area contributed by atoms with Crippen LogP contribution in [0.25, 0.3) is 5.69 Å². The van der Waals surface area contributed by atoms with Crippen LogP contribution in [0.1, 0.15) is 39.8 Å². The van der Waals surface area contributed by atoms with Gasteiger partial charge in [-0.05, 0) is 45.0 Å². The van der Waals surface area contributed by atoms with Gasteiger partial charge in [0.15, 0.2) is 15.9 Å². The van der Waals surface area contributed by atoms with Crippen molar-refractivity contribution in [3.63, 3.8) is 0 Å². The first-order valence-electron chi connectivity index (χ1n) is 10.5. The Morgan fingerprint density at radius 2 is 1.69 bits per heavy atom. The number of hydrogen-bond acceptors (Lipinski definition) is 9. The minimum Gasteiger partial charge on any atom is -0.292 e. The van der Waals surface area contributed by atoms with Crippen LogP contribution in [0.3, 0.4) is 0 Å². The Morgan fingerprint density at radius 1 is 1.00 bits per heavy atom. The summed E-state index contributed by atoms with van der Waals surface area (Å²) in [6.45, 7) is 6.88. The number of nitrogens with one attached hydrogen (secondary N) is 1. The molecule has 4 rings (SSSR count). The highest BCUT2D eigenvalue weighted by molar-refractivity contribution is 7.93. The number of carbonyl (C=O) groups is 1. The highest BCUT2D eigenvalue weighted by Crippen LogP contribution is 2.26. The zero-order valence-electron chi connectivity index (χ0n) is 19.4. The van der Waals surface area contributed by atoms with Crippen LogP contribution >= 0.6 is 22.7 Å². The summed E-state index contributed by atoms with van der Waals surface area (Å²) in [6, 6.07) is 15.9. The lowest BCUT2D eigenvalue weighted by Crippen LogP contribution is -2.14. The number of para-hydroxylation sites is 1. The molecule has 2 heterocycles. The second-order valence-corrected chi connectivity index (χ2v) is 11.3. The molecular formula is C23H22N6O3S3. The average molecular weight is 527 g/mol. The summed E-state index contributed by atoms with van der Waals surface area (Å²) < 4.78 is 29.5. The molecule has 180 valence electrons. The second-order valence-electron chi connectivity index (χ2n) is 7.63. The average Bonchev–Trinajstić information content (AvgIpc) is 3.41. The number of thiazole rings is 1. The minimum atomic E-state index is -3.76. The van der Waals surface area contributed by atoms with E-state index < -0.39 is 10.0 Å². The number of rotatable bonds is 7. The predicted molar refractivity (Wildman–Crippen MR) is 138 cm³/mol. The molecule has 2 aromatic heterocycles. The van der Waals surface area contributed by atoms with Crippen LogP contribution in [0.15, 0.2) is 69.7 Å². The van der Waals surface area contributed by atoms with Crippen molar-refractivity contribution in [1.29, 1.82) is 0 Å². The number of Topliss-reactive ketones (excluding diaryl/α,β-unsaturated/α-hetero) is 1. The number of nitrogens with zero attached hydrogens (tertiary/aromatic N) is 5. The van der Waals surface area contributed by atoms with Gasteiger partial charge in [0.2, 0.25) is 4.80 Å². The van der Waals surface area contributed by atoms with Gasteiger partial charge in [-0.2, -0.15) is 10.2 Å². The van der Waals surface area contributed by atoms with Crippen molar-refractivity contribution in [1.82, 2.24) is 14.8 Å². The Morgan fingerprint density at radius 3 is 2.34 bits per heavy atom. The molecule has 0 spiro atoms. The molecule has 0 amide bonds. The fourth-order valence-electron chi connectivity index (χ4n) is 3.06. The molecular weight excluding hydrogens is 504 g/mol. The first-order valence-corrected chi connectivity index (χ1v) is 13.6. The summed E-state index contributed by atoms with van der Waals surface area (Å²) >= 11 is 2.31. The second kappa shape index (κ2) is 10.0. The molecule has 0 unspecified atom stereocenters. The van der Waals surface area contributed by atoms with Crippen LogP contribution in [0, 0.1) is 13.8 Å². The van der Waals surface area contributed by atoms with Crippen LogP contribution in [-0.2, 0) is 10.0 Å². The van der Waals surface area contributed by atoms with Gasteiger partial charge in [-0.1, -0.05) is 58.6 Å². The molecule has 0 aliphatic carbocycles. The molecule has 2 aromatic carbocycles. The van der Waals surface area contributed by atoms with E-state index in [2.05, 4.69) is 25.0 Å². The fraction of sp³-hybridized carbons (Fsp3) is 0.174. The van der Waals surface area contributed by atoms with Gasteiger partial charge < -0.3 is 0 Å². The first-order chi connectivity index (χ1) is 16.6. The Balaban J connectivity index is 1.65. The molecule has 4 aromatic rings. The molecule has 9 nitrogen and oxygen atoms in total.